The lowest BCUT2D eigenvalue weighted by Crippen LogP contribution is -2.17. The van der Waals surface area contributed by atoms with Crippen LogP contribution in [0.3, 0.4) is 0 Å². The molecular weight excluding hydrogens is 244 g/mol. The minimum absolute atomic E-state index is 0.0265. The van der Waals surface area contributed by atoms with E-state index in [1.165, 1.54) is 12.1 Å². The van der Waals surface area contributed by atoms with Gasteiger partial charge >= 0.3 is 0 Å². The van der Waals surface area contributed by atoms with Crippen molar-refractivity contribution in [2.75, 3.05) is 19.0 Å². The Balaban J connectivity index is 2.81. The van der Waals surface area contributed by atoms with E-state index in [1.807, 2.05) is 6.92 Å². The third-order valence-corrected chi connectivity index (χ3v) is 2.55. The van der Waals surface area contributed by atoms with E-state index in [0.717, 1.165) is 6.42 Å². The van der Waals surface area contributed by atoms with Gasteiger partial charge in [0.15, 0.2) is 0 Å². The Labute approximate surface area is 105 Å². The Morgan fingerprint density at radius 3 is 2.88 bits per heavy atom. The van der Waals surface area contributed by atoms with Gasteiger partial charge in [-0.3, -0.25) is 10.1 Å². The number of nitro benzene ring substituents is 1. The molecule has 0 saturated heterocycles. The van der Waals surface area contributed by atoms with Crippen LogP contribution in [0.1, 0.15) is 13.3 Å². The van der Waals surface area contributed by atoms with E-state index >= 15 is 0 Å². The van der Waals surface area contributed by atoms with E-state index in [2.05, 4.69) is 5.32 Å². The first-order valence-electron chi connectivity index (χ1n) is 5.24. The molecule has 0 aliphatic heterocycles. The van der Waals surface area contributed by atoms with E-state index in [-0.39, 0.29) is 11.7 Å². The summed E-state index contributed by atoms with van der Waals surface area (Å²) in [5.74, 6) is 0. The van der Waals surface area contributed by atoms with Crippen molar-refractivity contribution in [3.63, 3.8) is 0 Å². The summed E-state index contributed by atoms with van der Waals surface area (Å²) in [7, 11) is 1.62. The van der Waals surface area contributed by atoms with E-state index in [0.29, 0.717) is 17.3 Å². The molecule has 5 nitrogen and oxygen atoms in total. The molecule has 0 amide bonds. The third kappa shape index (κ3) is 4.20. The summed E-state index contributed by atoms with van der Waals surface area (Å²) in [5.41, 5.74) is 0.463. The molecule has 1 aromatic carbocycles. The van der Waals surface area contributed by atoms with Crippen LogP contribution < -0.4 is 5.32 Å². The number of rotatable bonds is 6. The molecule has 1 aromatic rings. The second kappa shape index (κ2) is 6.42. The smallest absolute Gasteiger partial charge is 0.292 e. The fourth-order valence-corrected chi connectivity index (χ4v) is 1.59. The van der Waals surface area contributed by atoms with Gasteiger partial charge in [0.25, 0.3) is 5.69 Å². The van der Waals surface area contributed by atoms with Crippen molar-refractivity contribution in [2.45, 2.75) is 19.4 Å². The highest BCUT2D eigenvalue weighted by molar-refractivity contribution is 6.31. The summed E-state index contributed by atoms with van der Waals surface area (Å²) in [6.45, 7) is 2.53. The van der Waals surface area contributed by atoms with Crippen LogP contribution in [0.15, 0.2) is 18.2 Å². The average Bonchev–Trinajstić information content (AvgIpc) is 2.26. The molecule has 1 atom stereocenters. The molecule has 1 unspecified atom stereocenters. The molecule has 94 valence electrons. The zero-order valence-corrected chi connectivity index (χ0v) is 10.5. The fraction of sp³-hybridized carbons (Fsp3) is 0.455. The highest BCUT2D eigenvalue weighted by Gasteiger charge is 2.15. The number of anilines is 1. The Hall–Kier alpha value is -1.33. The zero-order chi connectivity index (χ0) is 12.8. The molecule has 0 radical (unpaired) electrons. The third-order valence-electron chi connectivity index (χ3n) is 2.31. The number of benzene rings is 1. The highest BCUT2D eigenvalue weighted by atomic mass is 35.5. The fourth-order valence-electron chi connectivity index (χ4n) is 1.42. The molecule has 0 heterocycles. The van der Waals surface area contributed by atoms with Gasteiger partial charge in [0.05, 0.1) is 4.92 Å². The van der Waals surface area contributed by atoms with Gasteiger partial charge in [-0.1, -0.05) is 11.6 Å². The molecule has 0 aromatic heterocycles. The minimum Gasteiger partial charge on any atom is -0.385 e. The van der Waals surface area contributed by atoms with Crippen molar-refractivity contribution in [2.24, 2.45) is 0 Å². The number of nitro groups is 1. The van der Waals surface area contributed by atoms with Crippen molar-refractivity contribution in [3.8, 4) is 0 Å². The first kappa shape index (κ1) is 13.7. The van der Waals surface area contributed by atoms with Crippen LogP contribution in [-0.2, 0) is 4.74 Å². The monoisotopic (exact) mass is 258 g/mol. The summed E-state index contributed by atoms with van der Waals surface area (Å²) >= 11 is 5.82. The number of halogens is 1. The van der Waals surface area contributed by atoms with E-state index < -0.39 is 4.92 Å². The summed E-state index contributed by atoms with van der Waals surface area (Å²) in [4.78, 5) is 10.4. The molecule has 6 heteroatoms. The number of nitrogens with one attached hydrogen (secondary N) is 1. The van der Waals surface area contributed by atoms with Gasteiger partial charge in [0, 0.05) is 30.8 Å². The van der Waals surface area contributed by atoms with E-state index in [9.17, 15) is 10.1 Å². The van der Waals surface area contributed by atoms with Crippen molar-refractivity contribution in [3.05, 3.63) is 33.3 Å². The van der Waals surface area contributed by atoms with Crippen LogP contribution in [0.2, 0.25) is 5.02 Å². The van der Waals surface area contributed by atoms with Crippen LogP contribution in [0.25, 0.3) is 0 Å². The second-order valence-electron chi connectivity index (χ2n) is 3.75. The van der Waals surface area contributed by atoms with Gasteiger partial charge in [0.1, 0.15) is 5.69 Å². The summed E-state index contributed by atoms with van der Waals surface area (Å²) in [6, 6.07) is 4.54. The van der Waals surface area contributed by atoms with Crippen LogP contribution in [0, 0.1) is 10.1 Å². The van der Waals surface area contributed by atoms with Crippen LogP contribution >= 0.6 is 11.6 Å². The molecule has 0 spiro atoms. The first-order valence-corrected chi connectivity index (χ1v) is 5.61. The molecule has 1 N–H and O–H groups in total. The molecule has 0 bridgehead atoms. The van der Waals surface area contributed by atoms with Gasteiger partial charge in [-0.15, -0.1) is 0 Å². The zero-order valence-electron chi connectivity index (χ0n) is 9.77. The quantitative estimate of drug-likeness (QED) is 0.629. The maximum absolute atomic E-state index is 10.8. The van der Waals surface area contributed by atoms with Crippen molar-refractivity contribution in [1.29, 1.82) is 0 Å². The Kier molecular flexibility index (Phi) is 5.18. The topological polar surface area (TPSA) is 64.4 Å². The summed E-state index contributed by atoms with van der Waals surface area (Å²) in [5, 5.41) is 14.4. The van der Waals surface area contributed by atoms with Gasteiger partial charge in [-0.2, -0.15) is 0 Å². The van der Waals surface area contributed by atoms with Crippen LogP contribution in [-0.4, -0.2) is 24.7 Å². The number of methoxy groups -OCH3 is 1. The lowest BCUT2D eigenvalue weighted by molar-refractivity contribution is -0.384. The largest absolute Gasteiger partial charge is 0.385 e. The van der Waals surface area contributed by atoms with Crippen LogP contribution in [0.4, 0.5) is 11.4 Å². The predicted octanol–water partition coefficient (Wildman–Crippen LogP) is 3.09. The summed E-state index contributed by atoms with van der Waals surface area (Å²) < 4.78 is 4.95. The molecular formula is C11H15ClN2O3. The lowest BCUT2D eigenvalue weighted by Gasteiger charge is -2.14. The molecule has 1 rings (SSSR count). The number of hydrogen-bond acceptors (Lipinski definition) is 4. The van der Waals surface area contributed by atoms with Gasteiger partial charge in [-0.25, -0.2) is 0 Å². The molecule has 0 saturated carbocycles. The molecule has 17 heavy (non-hydrogen) atoms. The van der Waals surface area contributed by atoms with Crippen molar-refractivity contribution in [1.82, 2.24) is 0 Å². The van der Waals surface area contributed by atoms with Gasteiger partial charge in [-0.05, 0) is 25.5 Å². The Bertz CT molecular complexity index is 398. The maximum Gasteiger partial charge on any atom is 0.292 e. The first-order chi connectivity index (χ1) is 8.04. The Morgan fingerprint density at radius 2 is 2.29 bits per heavy atom. The van der Waals surface area contributed by atoms with Crippen LogP contribution in [0.5, 0.6) is 0 Å². The SMILES string of the molecule is COCCC(C)Nc1cc(Cl)ccc1[N+](=O)[O-]. The van der Waals surface area contributed by atoms with E-state index in [1.54, 1.807) is 13.2 Å². The minimum atomic E-state index is -0.429. The van der Waals surface area contributed by atoms with Gasteiger partial charge < -0.3 is 10.1 Å². The summed E-state index contributed by atoms with van der Waals surface area (Å²) in [6.07, 6.45) is 0.764. The normalized spacial score (nSPS) is 12.2. The number of ether oxygens (including phenoxy) is 1. The highest BCUT2D eigenvalue weighted by Crippen LogP contribution is 2.28. The van der Waals surface area contributed by atoms with Crippen molar-refractivity contribution < 1.29 is 9.66 Å². The second-order valence-corrected chi connectivity index (χ2v) is 4.18. The molecule has 0 aliphatic rings. The lowest BCUT2D eigenvalue weighted by atomic mass is 10.2. The number of hydrogen-bond donors (Lipinski definition) is 1. The van der Waals surface area contributed by atoms with Crippen molar-refractivity contribution >= 4 is 23.0 Å². The number of nitrogens with zero attached hydrogens (tertiary/aromatic N) is 1. The maximum atomic E-state index is 10.8. The predicted molar refractivity (Wildman–Crippen MR) is 67.7 cm³/mol. The molecule has 0 fully saturated rings. The standard InChI is InChI=1S/C11H15ClN2O3/c1-8(5-6-17-2)13-10-7-9(12)3-4-11(10)14(15)16/h3-4,7-8,13H,5-6H2,1-2H3. The van der Waals surface area contributed by atoms with Gasteiger partial charge in [0.2, 0.25) is 0 Å². The Morgan fingerprint density at radius 1 is 1.59 bits per heavy atom. The average molecular weight is 259 g/mol. The molecule has 0 aliphatic carbocycles. The van der Waals surface area contributed by atoms with E-state index in [4.69, 9.17) is 16.3 Å².